The topological polar surface area (TPSA) is 23.8 Å². The van der Waals surface area contributed by atoms with Crippen LogP contribution in [0, 0.1) is 11.2 Å². The van der Waals surface area contributed by atoms with Crippen LogP contribution in [-0.2, 0) is 0 Å². The third-order valence-electron chi connectivity index (χ3n) is 0. The fourth-order valence-corrected chi connectivity index (χ4v) is 0. The first-order valence-corrected chi connectivity index (χ1v) is 0.224. The Morgan fingerprint density at radius 1 is 1.29 bits per heavy atom. The maximum Gasteiger partial charge on any atom is 1.00 e. The van der Waals surface area contributed by atoms with Crippen LogP contribution in [0.2, 0.25) is 0 Å². The summed E-state index contributed by atoms with van der Waals surface area (Å²) in [5.74, 6) is 2.00. The second-order valence-corrected chi connectivity index (χ2v) is 0. The van der Waals surface area contributed by atoms with Gasteiger partial charge >= 0.3 is 88.7 Å². The van der Waals surface area contributed by atoms with Crippen molar-refractivity contribution in [2.45, 2.75) is 0 Å². The van der Waals surface area contributed by atoms with Crippen LogP contribution in [0.25, 0.3) is 0 Å². The van der Waals surface area contributed by atoms with E-state index in [-0.39, 0.29) is 106 Å². The molecule has 7 heavy (non-hydrogen) atoms. The van der Waals surface area contributed by atoms with Crippen LogP contribution in [0.5, 0.6) is 0 Å². The Labute approximate surface area is 115 Å². The maximum absolute atomic E-state index is 7.43. The third-order valence-corrected chi connectivity index (χ3v) is 0. The number of nitriles is 1. The van der Waals surface area contributed by atoms with Gasteiger partial charge in [-0.25, -0.2) is 0 Å². The fraction of sp³-hybridized carbons (Fsp3) is 0. The molecule has 0 aromatic carbocycles. The molecule has 0 fully saturated rings. The molecule has 0 rings (SSSR count). The molecule has 0 aliphatic rings. The predicted octanol–water partition coefficient (Wildman–Crippen LogP) is -11.5. The molecular formula is CH8B2NNa3. The second-order valence-electron chi connectivity index (χ2n) is 0. The van der Waals surface area contributed by atoms with Crippen molar-refractivity contribution in [3.8, 4) is 5.97 Å². The summed E-state index contributed by atoms with van der Waals surface area (Å²) in [6, 6.07) is 0. The molecule has 0 aliphatic carbocycles. The summed E-state index contributed by atoms with van der Waals surface area (Å²) < 4.78 is 0. The van der Waals surface area contributed by atoms with Crippen molar-refractivity contribution in [1.29, 1.82) is 5.26 Å². The van der Waals surface area contributed by atoms with Gasteiger partial charge in [0.2, 0.25) is 0 Å². The summed E-state index contributed by atoms with van der Waals surface area (Å²) in [5.41, 5.74) is 0. The molecule has 26 valence electrons. The third kappa shape index (κ3) is 55.0. The molecule has 1 nitrogen and oxygen atoms in total. The van der Waals surface area contributed by atoms with Crippen molar-refractivity contribution in [2.75, 3.05) is 0 Å². The van der Waals surface area contributed by atoms with E-state index in [1.807, 2.05) is 5.97 Å². The zero-order valence-electron chi connectivity index (χ0n) is 4.95. The number of nitrogens with zero attached hydrogens (tertiary/aromatic N) is 1. The quantitative estimate of drug-likeness (QED) is 0.295. The number of hydrogen-bond acceptors (Lipinski definition) is 1. The molecule has 0 spiro atoms. The Morgan fingerprint density at radius 2 is 1.29 bits per heavy atom. The van der Waals surface area contributed by atoms with Gasteiger partial charge in [-0.15, -0.1) is 0 Å². The van der Waals surface area contributed by atoms with E-state index in [4.69, 9.17) is 5.26 Å². The first-order valence-electron chi connectivity index (χ1n) is 0.224. The van der Waals surface area contributed by atoms with Gasteiger partial charge in [-0.1, -0.05) is 8.41 Å². The Morgan fingerprint density at radius 3 is 1.29 bits per heavy atom. The second kappa shape index (κ2) is 38.2. The standard InChI is InChI=1S/CH3BN.BH4.3Na.H/c2-1-3;;;;;/h2H3;1H4;;;;/q2*-1;3*+1;-1. The van der Waals surface area contributed by atoms with Gasteiger partial charge < -0.3 is 1.43 Å². The first kappa shape index (κ1) is 33.5. The van der Waals surface area contributed by atoms with Crippen LogP contribution in [0.1, 0.15) is 1.43 Å². The normalized spacial score (nSPS) is 1.14. The van der Waals surface area contributed by atoms with E-state index in [9.17, 15) is 0 Å². The minimum atomic E-state index is 0. The summed E-state index contributed by atoms with van der Waals surface area (Å²) in [6.45, 7) is 0. The monoisotopic (exact) mass is 125 g/mol. The van der Waals surface area contributed by atoms with Crippen molar-refractivity contribution in [2.24, 2.45) is 0 Å². The zero-order valence-corrected chi connectivity index (χ0v) is 9.95. The van der Waals surface area contributed by atoms with Gasteiger partial charge in [-0.3, -0.25) is 5.26 Å². The van der Waals surface area contributed by atoms with E-state index < -0.39 is 0 Å². The maximum atomic E-state index is 7.43. The molecule has 0 bridgehead atoms. The molecule has 0 aromatic rings. The van der Waals surface area contributed by atoms with Gasteiger partial charge in [0.1, 0.15) is 0 Å². The van der Waals surface area contributed by atoms with Crippen molar-refractivity contribution in [1.82, 2.24) is 0 Å². The van der Waals surface area contributed by atoms with E-state index in [1.54, 1.807) is 0 Å². The molecule has 0 unspecified atom stereocenters. The SMILES string of the molecule is [BH3-]C#N.[BH4-].[H-].[Na+].[Na+].[Na+]. The Balaban J connectivity index is -0.00000000200. The average molecular weight is 125 g/mol. The minimum absolute atomic E-state index is 0. The molecular weight excluding hydrogens is 117 g/mol. The van der Waals surface area contributed by atoms with E-state index in [0.29, 0.717) is 0 Å². The molecule has 0 amide bonds. The van der Waals surface area contributed by atoms with Gasteiger partial charge in [-0.2, -0.15) is 5.97 Å². The van der Waals surface area contributed by atoms with Crippen molar-refractivity contribution < 1.29 is 90.1 Å². The minimum Gasteiger partial charge on any atom is -1.00 e. The Hall–Kier alpha value is 2.62. The molecule has 0 radical (unpaired) electrons. The van der Waals surface area contributed by atoms with E-state index >= 15 is 0 Å². The Kier molecular flexibility index (Phi) is 183. The molecule has 0 saturated heterocycles. The van der Waals surface area contributed by atoms with Crippen LogP contribution >= 0.6 is 0 Å². The van der Waals surface area contributed by atoms with Gasteiger partial charge in [0.25, 0.3) is 0 Å². The van der Waals surface area contributed by atoms with Crippen LogP contribution in [0.3, 0.4) is 0 Å². The van der Waals surface area contributed by atoms with Crippen LogP contribution in [0.15, 0.2) is 0 Å². The number of rotatable bonds is 0. The summed E-state index contributed by atoms with van der Waals surface area (Å²) in [6.07, 6.45) is 0. The number of hydrogen-bond donors (Lipinski definition) is 0. The molecule has 6 heteroatoms. The largest absolute Gasteiger partial charge is 1.00 e. The molecule has 0 aromatic heterocycles. The molecule has 0 atom stereocenters. The van der Waals surface area contributed by atoms with Crippen LogP contribution in [0.4, 0.5) is 0 Å². The predicted molar refractivity (Wildman–Crippen MR) is 28.0 cm³/mol. The molecule has 0 N–H and O–H groups in total. The van der Waals surface area contributed by atoms with Gasteiger partial charge in [0.15, 0.2) is 0 Å². The summed E-state index contributed by atoms with van der Waals surface area (Å²) >= 11 is 0. The van der Waals surface area contributed by atoms with Crippen molar-refractivity contribution in [3.05, 3.63) is 0 Å². The van der Waals surface area contributed by atoms with Gasteiger partial charge in [0, 0.05) is 0 Å². The van der Waals surface area contributed by atoms with E-state index in [2.05, 4.69) is 0 Å². The summed E-state index contributed by atoms with van der Waals surface area (Å²) in [4.78, 5) is 0. The van der Waals surface area contributed by atoms with Crippen LogP contribution < -0.4 is 88.7 Å². The summed E-state index contributed by atoms with van der Waals surface area (Å²) in [5, 5.41) is 7.43. The zero-order chi connectivity index (χ0) is 2.71. The summed E-state index contributed by atoms with van der Waals surface area (Å²) in [7, 11) is 0.0694. The molecule has 0 heterocycles. The molecule has 0 saturated carbocycles. The van der Waals surface area contributed by atoms with E-state index in [0.717, 1.165) is 0 Å². The Bertz CT molecular complexity index is 38.8. The fourth-order valence-electron chi connectivity index (χ4n) is 0. The van der Waals surface area contributed by atoms with Crippen molar-refractivity contribution >= 4 is 16.3 Å². The van der Waals surface area contributed by atoms with Gasteiger partial charge in [-0.05, 0) is 0 Å². The molecule has 0 aliphatic heterocycles. The average Bonchev–Trinajstić information content (AvgIpc) is 0.918. The smallest absolute Gasteiger partial charge is 1.00 e. The van der Waals surface area contributed by atoms with E-state index in [1.165, 1.54) is 0 Å². The van der Waals surface area contributed by atoms with Gasteiger partial charge in [0.05, 0.1) is 7.85 Å². The van der Waals surface area contributed by atoms with Crippen LogP contribution in [-0.4, -0.2) is 16.3 Å². The van der Waals surface area contributed by atoms with Crippen molar-refractivity contribution in [3.63, 3.8) is 0 Å². The first-order chi connectivity index (χ1) is 1.41.